The van der Waals surface area contributed by atoms with Gasteiger partial charge in [-0.25, -0.2) is 18.2 Å². The zero-order valence-electron chi connectivity index (χ0n) is 16.3. The van der Waals surface area contributed by atoms with Gasteiger partial charge in [-0.3, -0.25) is 9.78 Å². The Labute approximate surface area is 170 Å². The summed E-state index contributed by atoms with van der Waals surface area (Å²) in [7, 11) is 0. The number of benzene rings is 2. The molecule has 1 aliphatic heterocycles. The highest BCUT2D eigenvalue weighted by atomic mass is 19.1. The largest absolute Gasteiger partial charge is 0.487 e. The molecule has 0 aliphatic carbocycles. The molecule has 0 saturated carbocycles. The molecule has 1 N–H and O–H groups in total. The van der Waals surface area contributed by atoms with Gasteiger partial charge in [0.15, 0.2) is 0 Å². The number of nitrogens with one attached hydrogen (secondary N) is 1. The summed E-state index contributed by atoms with van der Waals surface area (Å²) in [5.41, 5.74) is 2.75. The van der Waals surface area contributed by atoms with Gasteiger partial charge in [0.05, 0.1) is 29.2 Å². The van der Waals surface area contributed by atoms with Crippen LogP contribution >= 0.6 is 0 Å². The normalized spacial score (nSPS) is 14.9. The highest BCUT2D eigenvalue weighted by Crippen LogP contribution is 2.39. The highest BCUT2D eigenvalue weighted by molar-refractivity contribution is 5.94. The Morgan fingerprint density at radius 2 is 1.97 bits per heavy atom. The van der Waals surface area contributed by atoms with Crippen molar-refractivity contribution in [3.8, 4) is 17.0 Å². The second-order valence-electron chi connectivity index (χ2n) is 7.17. The summed E-state index contributed by atoms with van der Waals surface area (Å²) in [4.78, 5) is 21.0. The van der Waals surface area contributed by atoms with Crippen LogP contribution in [0.5, 0.6) is 5.75 Å². The third-order valence-corrected chi connectivity index (χ3v) is 4.86. The van der Waals surface area contributed by atoms with Crippen molar-refractivity contribution >= 4 is 5.91 Å². The fraction of sp³-hybridized carbons (Fsp3) is 0.227. The lowest BCUT2D eigenvalue weighted by Gasteiger charge is -2.14. The minimum Gasteiger partial charge on any atom is -0.487 e. The minimum atomic E-state index is -0.944. The Morgan fingerprint density at radius 1 is 1.17 bits per heavy atom. The fourth-order valence-electron chi connectivity index (χ4n) is 3.45. The predicted octanol–water partition coefficient (Wildman–Crippen LogP) is 3.91. The number of hydrogen-bond donors (Lipinski definition) is 1. The molecule has 1 atom stereocenters. The van der Waals surface area contributed by atoms with Crippen LogP contribution in [-0.4, -0.2) is 28.5 Å². The average molecular weight is 413 g/mol. The first-order valence-corrected chi connectivity index (χ1v) is 9.34. The van der Waals surface area contributed by atoms with Crippen LogP contribution in [0.2, 0.25) is 0 Å². The number of carbonyl (C=O) groups is 1. The van der Waals surface area contributed by atoms with E-state index in [1.807, 2.05) is 0 Å². The summed E-state index contributed by atoms with van der Waals surface area (Å²) in [5, 5.41) is 2.58. The molecule has 1 amide bonds. The van der Waals surface area contributed by atoms with Crippen molar-refractivity contribution in [2.24, 2.45) is 0 Å². The number of ether oxygens (including phenoxy) is 1. The number of nitrogens with zero attached hydrogens (tertiary/aromatic N) is 2. The second-order valence-corrected chi connectivity index (χ2v) is 7.17. The summed E-state index contributed by atoms with van der Waals surface area (Å²) < 4.78 is 47.0. The lowest BCUT2D eigenvalue weighted by molar-refractivity contribution is 0.0929. The molecule has 8 heteroatoms. The van der Waals surface area contributed by atoms with Gasteiger partial charge in [-0.05, 0) is 38.1 Å². The molecule has 30 heavy (non-hydrogen) atoms. The number of fused-ring (bicyclic) bond motifs is 1. The lowest BCUT2D eigenvalue weighted by Crippen LogP contribution is -2.34. The van der Waals surface area contributed by atoms with Gasteiger partial charge in [0.25, 0.3) is 5.91 Å². The molecule has 0 unspecified atom stereocenters. The molecule has 4 rings (SSSR count). The Balaban J connectivity index is 1.53. The molecule has 154 valence electrons. The van der Waals surface area contributed by atoms with Gasteiger partial charge in [0.1, 0.15) is 29.3 Å². The SMILES string of the molecule is Cc1cnc(C)c(-c2cc(F)cc3c2O[C@@H](CNC(=O)c2ccc(F)cc2F)C3)n1. The third-order valence-electron chi connectivity index (χ3n) is 4.86. The van der Waals surface area contributed by atoms with Crippen LogP contribution in [0.25, 0.3) is 11.3 Å². The standard InChI is InChI=1S/C22H18F3N3O2/c1-11-9-26-12(2)20(28-11)18-7-15(24)5-13-6-16(30-21(13)18)10-27-22(29)17-4-3-14(23)8-19(17)25/h3-5,7-9,16H,6,10H2,1-2H3,(H,27,29)/t16-/m1/s1. The third kappa shape index (κ3) is 3.85. The van der Waals surface area contributed by atoms with E-state index in [0.717, 1.165) is 12.1 Å². The van der Waals surface area contributed by atoms with E-state index in [-0.39, 0.29) is 12.1 Å². The van der Waals surface area contributed by atoms with Crippen molar-refractivity contribution in [1.82, 2.24) is 15.3 Å². The Morgan fingerprint density at radius 3 is 2.73 bits per heavy atom. The Kier molecular flexibility index (Phi) is 5.15. The van der Waals surface area contributed by atoms with Crippen molar-refractivity contribution in [3.63, 3.8) is 0 Å². The maximum absolute atomic E-state index is 14.2. The van der Waals surface area contributed by atoms with E-state index in [9.17, 15) is 18.0 Å². The molecule has 2 aromatic carbocycles. The lowest BCUT2D eigenvalue weighted by atomic mass is 10.0. The van der Waals surface area contributed by atoms with Gasteiger partial charge in [-0.1, -0.05) is 0 Å². The predicted molar refractivity (Wildman–Crippen MR) is 104 cm³/mol. The molecule has 0 bridgehead atoms. The summed E-state index contributed by atoms with van der Waals surface area (Å²) in [6, 6.07) is 5.48. The molecule has 5 nitrogen and oxygen atoms in total. The van der Waals surface area contributed by atoms with E-state index in [1.54, 1.807) is 20.0 Å². The number of amides is 1. The molecule has 2 heterocycles. The van der Waals surface area contributed by atoms with Crippen LogP contribution in [0, 0.1) is 31.3 Å². The zero-order chi connectivity index (χ0) is 21.4. The first-order chi connectivity index (χ1) is 14.3. The highest BCUT2D eigenvalue weighted by Gasteiger charge is 2.29. The van der Waals surface area contributed by atoms with E-state index < -0.39 is 29.5 Å². The molecule has 3 aromatic rings. The number of aromatic nitrogens is 2. The summed E-state index contributed by atoms with van der Waals surface area (Å²) in [6.45, 7) is 3.65. The monoisotopic (exact) mass is 413 g/mol. The van der Waals surface area contributed by atoms with E-state index >= 15 is 0 Å². The van der Waals surface area contributed by atoms with Crippen LogP contribution < -0.4 is 10.1 Å². The van der Waals surface area contributed by atoms with E-state index in [0.29, 0.717) is 46.4 Å². The van der Waals surface area contributed by atoms with Gasteiger partial charge in [0.2, 0.25) is 0 Å². The maximum atomic E-state index is 14.2. The fourth-order valence-corrected chi connectivity index (χ4v) is 3.45. The number of carbonyl (C=O) groups excluding carboxylic acids is 1. The van der Waals surface area contributed by atoms with Gasteiger partial charge < -0.3 is 10.1 Å². The summed E-state index contributed by atoms with van der Waals surface area (Å²) >= 11 is 0. The molecule has 1 aromatic heterocycles. The van der Waals surface area contributed by atoms with Crippen molar-refractivity contribution in [2.75, 3.05) is 6.54 Å². The van der Waals surface area contributed by atoms with Crippen LogP contribution in [0.3, 0.4) is 0 Å². The molecular formula is C22H18F3N3O2. The van der Waals surface area contributed by atoms with Gasteiger partial charge >= 0.3 is 0 Å². The first-order valence-electron chi connectivity index (χ1n) is 9.34. The Hall–Kier alpha value is -3.42. The summed E-state index contributed by atoms with van der Waals surface area (Å²) in [5.74, 6) is -2.32. The van der Waals surface area contributed by atoms with Gasteiger partial charge in [-0.15, -0.1) is 0 Å². The van der Waals surface area contributed by atoms with Gasteiger partial charge in [0, 0.05) is 29.8 Å². The molecule has 0 spiro atoms. The molecule has 0 fully saturated rings. The molecular weight excluding hydrogens is 395 g/mol. The Bertz CT molecular complexity index is 1150. The number of aryl methyl sites for hydroxylation is 2. The van der Waals surface area contributed by atoms with Crippen molar-refractivity contribution in [1.29, 1.82) is 0 Å². The van der Waals surface area contributed by atoms with Gasteiger partial charge in [-0.2, -0.15) is 0 Å². The van der Waals surface area contributed by atoms with Crippen LogP contribution in [0.1, 0.15) is 27.3 Å². The van der Waals surface area contributed by atoms with E-state index in [4.69, 9.17) is 4.74 Å². The number of hydrogen-bond acceptors (Lipinski definition) is 4. The first kappa shape index (κ1) is 19.9. The number of halogens is 3. The second kappa shape index (κ2) is 7.78. The minimum absolute atomic E-state index is 0.0733. The van der Waals surface area contributed by atoms with Crippen molar-refractivity contribution < 1.29 is 22.7 Å². The van der Waals surface area contributed by atoms with E-state index in [1.165, 1.54) is 12.1 Å². The topological polar surface area (TPSA) is 64.1 Å². The molecule has 0 radical (unpaired) electrons. The quantitative estimate of drug-likeness (QED) is 0.705. The van der Waals surface area contributed by atoms with E-state index in [2.05, 4.69) is 15.3 Å². The average Bonchev–Trinajstić information content (AvgIpc) is 3.10. The zero-order valence-corrected chi connectivity index (χ0v) is 16.3. The molecule has 1 aliphatic rings. The smallest absolute Gasteiger partial charge is 0.254 e. The van der Waals surface area contributed by atoms with Crippen LogP contribution in [-0.2, 0) is 6.42 Å². The summed E-state index contributed by atoms with van der Waals surface area (Å²) in [6.07, 6.45) is 1.53. The van der Waals surface area contributed by atoms with Crippen LogP contribution in [0.4, 0.5) is 13.2 Å². The van der Waals surface area contributed by atoms with Crippen molar-refractivity contribution in [3.05, 3.63) is 76.5 Å². The maximum Gasteiger partial charge on any atom is 0.254 e. The number of rotatable bonds is 4. The van der Waals surface area contributed by atoms with Crippen LogP contribution in [0.15, 0.2) is 36.5 Å². The molecule has 0 saturated heterocycles. The van der Waals surface area contributed by atoms with Crippen molar-refractivity contribution in [2.45, 2.75) is 26.4 Å².